The molecule has 0 bridgehead atoms. The Bertz CT molecular complexity index is 921. The van der Waals surface area contributed by atoms with Gasteiger partial charge in [0.1, 0.15) is 12.4 Å². The average molecular weight is 511 g/mol. The van der Waals surface area contributed by atoms with E-state index in [0.717, 1.165) is 10.0 Å². The van der Waals surface area contributed by atoms with Crippen molar-refractivity contribution in [1.82, 2.24) is 10.7 Å². The maximum atomic E-state index is 11.9. The molecule has 0 heterocycles. The fraction of sp³-hybridized carbons (Fsp3) is 0.318. The number of carbonyl (C=O) groups is 2. The summed E-state index contributed by atoms with van der Waals surface area (Å²) in [6, 6.07) is 12.8. The number of benzene rings is 2. The van der Waals surface area contributed by atoms with E-state index in [1.165, 1.54) is 6.21 Å². The monoisotopic (exact) mass is 509 g/mol. The van der Waals surface area contributed by atoms with Crippen LogP contribution < -0.4 is 15.5 Å². The standard InChI is InChI=1S/C22H25BrClN3O4/c1-15(2)30-11-5-10-25-21(28)22(29)27-26-13-17-12-18(23)8-9-20(17)31-14-16-6-3-4-7-19(16)24/h3-4,6-9,12-13,15H,5,10-11,14H2,1-2H3,(H,25,28)(H,27,29)/b26-13-. The van der Waals surface area contributed by atoms with Gasteiger partial charge in [-0.3, -0.25) is 9.59 Å². The summed E-state index contributed by atoms with van der Waals surface area (Å²) in [4.78, 5) is 23.7. The number of halogens is 2. The molecule has 2 aromatic rings. The van der Waals surface area contributed by atoms with Crippen molar-refractivity contribution in [3.8, 4) is 5.75 Å². The summed E-state index contributed by atoms with van der Waals surface area (Å²) in [5, 5.41) is 7.00. The number of hydrazone groups is 1. The number of nitrogens with zero attached hydrogens (tertiary/aromatic N) is 1. The van der Waals surface area contributed by atoms with Crippen LogP contribution in [0.4, 0.5) is 0 Å². The topological polar surface area (TPSA) is 89.0 Å². The lowest BCUT2D eigenvalue weighted by Gasteiger charge is -2.10. The summed E-state index contributed by atoms with van der Waals surface area (Å²) in [5.41, 5.74) is 3.68. The number of amides is 2. The van der Waals surface area contributed by atoms with E-state index in [0.29, 0.717) is 35.9 Å². The third-order valence-electron chi connectivity index (χ3n) is 3.95. The normalized spacial score (nSPS) is 11.0. The highest BCUT2D eigenvalue weighted by Gasteiger charge is 2.12. The van der Waals surface area contributed by atoms with E-state index < -0.39 is 11.8 Å². The number of hydrogen-bond acceptors (Lipinski definition) is 5. The molecule has 0 saturated carbocycles. The van der Waals surface area contributed by atoms with Gasteiger partial charge in [-0.1, -0.05) is 45.7 Å². The van der Waals surface area contributed by atoms with Crippen molar-refractivity contribution < 1.29 is 19.1 Å². The largest absolute Gasteiger partial charge is 0.488 e. The third-order valence-corrected chi connectivity index (χ3v) is 4.81. The number of rotatable bonds is 10. The number of carbonyl (C=O) groups excluding carboxylic acids is 2. The molecule has 9 heteroatoms. The Morgan fingerprint density at radius 1 is 1.19 bits per heavy atom. The smallest absolute Gasteiger partial charge is 0.329 e. The molecule has 2 N–H and O–H groups in total. The molecule has 0 radical (unpaired) electrons. The molecular formula is C22H25BrClN3O4. The highest BCUT2D eigenvalue weighted by atomic mass is 79.9. The van der Waals surface area contributed by atoms with Gasteiger partial charge in [-0.25, -0.2) is 5.43 Å². The van der Waals surface area contributed by atoms with E-state index in [4.69, 9.17) is 21.1 Å². The van der Waals surface area contributed by atoms with Gasteiger partial charge in [0, 0.05) is 33.8 Å². The maximum Gasteiger partial charge on any atom is 0.329 e. The van der Waals surface area contributed by atoms with E-state index in [-0.39, 0.29) is 12.7 Å². The SMILES string of the molecule is CC(C)OCCCNC(=O)C(=O)N/N=C\c1cc(Br)ccc1OCc1ccccc1Cl. The van der Waals surface area contributed by atoms with Gasteiger partial charge in [-0.15, -0.1) is 0 Å². The average Bonchev–Trinajstić information content (AvgIpc) is 2.73. The Kier molecular flexibility index (Phi) is 10.5. The molecule has 0 fully saturated rings. The van der Waals surface area contributed by atoms with Crippen LogP contribution in [0.25, 0.3) is 0 Å². The summed E-state index contributed by atoms with van der Waals surface area (Å²) < 4.78 is 12.0. The third kappa shape index (κ3) is 9.08. The van der Waals surface area contributed by atoms with E-state index in [1.54, 1.807) is 18.2 Å². The molecule has 0 aliphatic carbocycles. The zero-order chi connectivity index (χ0) is 22.6. The second-order valence-corrected chi connectivity index (χ2v) is 8.11. The van der Waals surface area contributed by atoms with Crippen LogP contribution >= 0.6 is 27.5 Å². The molecule has 2 amide bonds. The van der Waals surface area contributed by atoms with Crippen LogP contribution in [-0.4, -0.2) is 37.3 Å². The minimum Gasteiger partial charge on any atom is -0.488 e. The van der Waals surface area contributed by atoms with Gasteiger partial charge in [-0.2, -0.15) is 5.10 Å². The van der Waals surface area contributed by atoms with Gasteiger partial charge < -0.3 is 14.8 Å². The molecule has 0 aromatic heterocycles. The van der Waals surface area contributed by atoms with Crippen LogP contribution in [0.2, 0.25) is 5.02 Å². The predicted molar refractivity (Wildman–Crippen MR) is 124 cm³/mol. The fourth-order valence-corrected chi connectivity index (χ4v) is 2.98. The minimum atomic E-state index is -0.852. The summed E-state index contributed by atoms with van der Waals surface area (Å²) in [6.07, 6.45) is 2.16. The number of hydrogen-bond donors (Lipinski definition) is 2. The second kappa shape index (κ2) is 13.1. The first-order chi connectivity index (χ1) is 14.9. The van der Waals surface area contributed by atoms with Crippen molar-refractivity contribution in [2.24, 2.45) is 5.10 Å². The van der Waals surface area contributed by atoms with Crippen molar-refractivity contribution in [1.29, 1.82) is 0 Å². The van der Waals surface area contributed by atoms with Gasteiger partial charge in [0.05, 0.1) is 12.3 Å². The molecule has 31 heavy (non-hydrogen) atoms. The fourth-order valence-electron chi connectivity index (χ4n) is 2.41. The summed E-state index contributed by atoms with van der Waals surface area (Å²) >= 11 is 9.56. The molecule has 0 aliphatic rings. The first-order valence-electron chi connectivity index (χ1n) is 9.75. The molecule has 166 valence electrons. The zero-order valence-electron chi connectivity index (χ0n) is 17.4. The van der Waals surface area contributed by atoms with E-state index in [2.05, 4.69) is 31.8 Å². The Hall–Kier alpha value is -2.42. The highest BCUT2D eigenvalue weighted by Crippen LogP contribution is 2.24. The lowest BCUT2D eigenvalue weighted by molar-refractivity contribution is -0.139. The minimum absolute atomic E-state index is 0.130. The molecule has 2 aromatic carbocycles. The molecular weight excluding hydrogens is 486 g/mol. The van der Waals surface area contributed by atoms with Crippen LogP contribution in [0.5, 0.6) is 5.75 Å². The summed E-state index contributed by atoms with van der Waals surface area (Å²) in [7, 11) is 0. The van der Waals surface area contributed by atoms with Crippen molar-refractivity contribution in [2.75, 3.05) is 13.2 Å². The van der Waals surface area contributed by atoms with Gasteiger partial charge in [-0.05, 0) is 44.5 Å². The summed E-state index contributed by atoms with van der Waals surface area (Å²) in [5.74, 6) is -1.06. The maximum absolute atomic E-state index is 11.9. The quantitative estimate of drug-likeness (QED) is 0.218. The van der Waals surface area contributed by atoms with Crippen molar-refractivity contribution in [3.05, 3.63) is 63.1 Å². The van der Waals surface area contributed by atoms with Crippen LogP contribution in [0.3, 0.4) is 0 Å². The lowest BCUT2D eigenvalue weighted by Crippen LogP contribution is -2.38. The number of nitrogens with one attached hydrogen (secondary N) is 2. The van der Waals surface area contributed by atoms with Crippen LogP contribution in [0, 0.1) is 0 Å². The molecule has 0 atom stereocenters. The molecule has 0 unspecified atom stereocenters. The van der Waals surface area contributed by atoms with E-state index in [1.807, 2.05) is 38.1 Å². The van der Waals surface area contributed by atoms with Crippen LogP contribution in [-0.2, 0) is 20.9 Å². The van der Waals surface area contributed by atoms with Crippen molar-refractivity contribution in [2.45, 2.75) is 33.0 Å². The van der Waals surface area contributed by atoms with Gasteiger partial charge >= 0.3 is 11.8 Å². The summed E-state index contributed by atoms with van der Waals surface area (Å²) in [6.45, 7) is 4.99. The van der Waals surface area contributed by atoms with Gasteiger partial charge in [0.25, 0.3) is 0 Å². The molecule has 2 rings (SSSR count). The second-order valence-electron chi connectivity index (χ2n) is 6.79. The van der Waals surface area contributed by atoms with Crippen LogP contribution in [0.15, 0.2) is 52.0 Å². The molecule has 0 aliphatic heterocycles. The Morgan fingerprint density at radius 3 is 2.71 bits per heavy atom. The Labute approximate surface area is 195 Å². The lowest BCUT2D eigenvalue weighted by atomic mass is 10.2. The molecule has 7 nitrogen and oxygen atoms in total. The van der Waals surface area contributed by atoms with E-state index in [9.17, 15) is 9.59 Å². The van der Waals surface area contributed by atoms with E-state index >= 15 is 0 Å². The molecule has 0 saturated heterocycles. The first kappa shape index (κ1) is 24.8. The predicted octanol–water partition coefficient (Wildman–Crippen LogP) is 4.06. The van der Waals surface area contributed by atoms with Crippen molar-refractivity contribution >= 4 is 45.6 Å². The zero-order valence-corrected chi connectivity index (χ0v) is 19.7. The van der Waals surface area contributed by atoms with Crippen molar-refractivity contribution in [3.63, 3.8) is 0 Å². The Balaban J connectivity index is 1.88. The van der Waals surface area contributed by atoms with Crippen LogP contribution in [0.1, 0.15) is 31.4 Å². The van der Waals surface area contributed by atoms with Gasteiger partial charge in [0.2, 0.25) is 0 Å². The Morgan fingerprint density at radius 2 is 1.97 bits per heavy atom. The molecule has 0 spiro atoms. The number of ether oxygens (including phenoxy) is 2. The van der Waals surface area contributed by atoms with Gasteiger partial charge in [0.15, 0.2) is 0 Å². The first-order valence-corrected chi connectivity index (χ1v) is 10.9. The highest BCUT2D eigenvalue weighted by molar-refractivity contribution is 9.10.